The van der Waals surface area contributed by atoms with Crippen LogP contribution >= 0.6 is 11.6 Å². The molecule has 1 amide bonds. The molecule has 1 aromatic carbocycles. The maximum atomic E-state index is 11.8. The van der Waals surface area contributed by atoms with Gasteiger partial charge in [0.25, 0.3) is 0 Å². The molecule has 0 saturated heterocycles. The second-order valence-corrected chi connectivity index (χ2v) is 5.24. The highest BCUT2D eigenvalue weighted by Crippen LogP contribution is 2.21. The van der Waals surface area contributed by atoms with Gasteiger partial charge >= 0.3 is 0 Å². The molecule has 0 spiro atoms. The molecule has 0 aliphatic heterocycles. The van der Waals surface area contributed by atoms with Crippen LogP contribution in [-0.2, 0) is 4.79 Å². The van der Waals surface area contributed by atoms with Crippen LogP contribution in [0.5, 0.6) is 0 Å². The van der Waals surface area contributed by atoms with Crippen molar-refractivity contribution in [2.75, 3.05) is 11.9 Å². The Morgan fingerprint density at radius 3 is 2.68 bits per heavy atom. The predicted octanol–water partition coefficient (Wildman–Crippen LogP) is 2.78. The fourth-order valence-corrected chi connectivity index (χ4v) is 1.66. The molecule has 0 bridgehead atoms. The summed E-state index contributed by atoms with van der Waals surface area (Å²) in [6.07, 6.45) is 0. The van der Waals surface area contributed by atoms with E-state index in [4.69, 9.17) is 16.9 Å². The first-order chi connectivity index (χ1) is 8.93. The first-order valence-corrected chi connectivity index (χ1v) is 6.55. The number of carbonyl (C=O) groups is 1. The van der Waals surface area contributed by atoms with E-state index in [9.17, 15) is 4.79 Å². The van der Waals surface area contributed by atoms with Crippen molar-refractivity contribution in [2.45, 2.75) is 26.8 Å². The van der Waals surface area contributed by atoms with Gasteiger partial charge in [-0.25, -0.2) is 0 Å². The molecule has 5 heteroatoms. The molecule has 19 heavy (non-hydrogen) atoms. The molecule has 0 saturated carbocycles. The third-order valence-electron chi connectivity index (χ3n) is 2.55. The molecular formula is C14H18ClN3O. The van der Waals surface area contributed by atoms with Gasteiger partial charge < -0.3 is 10.6 Å². The Hall–Kier alpha value is -1.73. The standard InChI is InChI=1S/C14H18ClN3O/c1-9(2)8-17-14(19)10(3)18-13-6-12(15)5-4-11(13)7-16/h4-6,9-10,18H,8H2,1-3H3,(H,17,19). The van der Waals surface area contributed by atoms with E-state index in [1.54, 1.807) is 25.1 Å². The summed E-state index contributed by atoms with van der Waals surface area (Å²) >= 11 is 5.89. The van der Waals surface area contributed by atoms with E-state index in [1.807, 2.05) is 13.8 Å². The van der Waals surface area contributed by atoms with Gasteiger partial charge in [-0.05, 0) is 31.0 Å². The lowest BCUT2D eigenvalue weighted by Gasteiger charge is -2.17. The minimum Gasteiger partial charge on any atom is -0.373 e. The third kappa shape index (κ3) is 4.80. The maximum Gasteiger partial charge on any atom is 0.242 e. The third-order valence-corrected chi connectivity index (χ3v) is 2.79. The first-order valence-electron chi connectivity index (χ1n) is 6.18. The van der Waals surface area contributed by atoms with Crippen molar-refractivity contribution >= 4 is 23.2 Å². The molecule has 1 atom stereocenters. The first kappa shape index (κ1) is 15.3. The topological polar surface area (TPSA) is 64.9 Å². The lowest BCUT2D eigenvalue weighted by Crippen LogP contribution is -2.39. The van der Waals surface area contributed by atoms with Crippen LogP contribution in [-0.4, -0.2) is 18.5 Å². The van der Waals surface area contributed by atoms with E-state index < -0.39 is 6.04 Å². The van der Waals surface area contributed by atoms with Gasteiger partial charge in [-0.15, -0.1) is 0 Å². The number of halogens is 1. The van der Waals surface area contributed by atoms with Gasteiger partial charge in [0.1, 0.15) is 12.1 Å². The molecule has 0 aliphatic rings. The Bertz CT molecular complexity index is 494. The summed E-state index contributed by atoms with van der Waals surface area (Å²) in [5, 5.41) is 15.4. The summed E-state index contributed by atoms with van der Waals surface area (Å²) in [7, 11) is 0. The molecule has 1 rings (SSSR count). The van der Waals surface area contributed by atoms with Gasteiger partial charge in [-0.1, -0.05) is 25.4 Å². The summed E-state index contributed by atoms with van der Waals surface area (Å²) in [4.78, 5) is 11.8. The molecule has 0 radical (unpaired) electrons. The van der Waals surface area contributed by atoms with Gasteiger partial charge in [0.05, 0.1) is 11.3 Å². The largest absolute Gasteiger partial charge is 0.373 e. The maximum absolute atomic E-state index is 11.8. The number of anilines is 1. The quantitative estimate of drug-likeness (QED) is 0.871. The Labute approximate surface area is 118 Å². The molecule has 1 unspecified atom stereocenters. The number of nitrogens with one attached hydrogen (secondary N) is 2. The highest BCUT2D eigenvalue weighted by Gasteiger charge is 2.14. The van der Waals surface area contributed by atoms with Crippen molar-refractivity contribution in [1.29, 1.82) is 5.26 Å². The van der Waals surface area contributed by atoms with E-state index in [1.165, 1.54) is 0 Å². The minimum atomic E-state index is -0.427. The fraction of sp³-hybridized carbons (Fsp3) is 0.429. The molecule has 0 aromatic heterocycles. The number of amides is 1. The molecule has 0 aliphatic carbocycles. The van der Waals surface area contributed by atoms with Gasteiger partial charge in [-0.2, -0.15) is 5.26 Å². The zero-order valence-electron chi connectivity index (χ0n) is 11.3. The SMILES string of the molecule is CC(C)CNC(=O)C(C)Nc1cc(Cl)ccc1C#N. The van der Waals surface area contributed by atoms with Crippen LogP contribution in [0.3, 0.4) is 0 Å². The molecule has 4 nitrogen and oxygen atoms in total. The molecule has 0 fully saturated rings. The number of hydrogen-bond acceptors (Lipinski definition) is 3. The molecule has 102 valence electrons. The zero-order valence-corrected chi connectivity index (χ0v) is 12.1. The summed E-state index contributed by atoms with van der Waals surface area (Å²) in [6.45, 7) is 6.44. The van der Waals surface area contributed by atoms with Crippen LogP contribution in [0.15, 0.2) is 18.2 Å². The van der Waals surface area contributed by atoms with E-state index in [2.05, 4.69) is 16.7 Å². The average molecular weight is 280 g/mol. The van der Waals surface area contributed by atoms with E-state index >= 15 is 0 Å². The fourth-order valence-electron chi connectivity index (χ4n) is 1.49. The second kappa shape index (κ2) is 7.01. The van der Waals surface area contributed by atoms with Crippen molar-refractivity contribution < 1.29 is 4.79 Å². The van der Waals surface area contributed by atoms with Crippen LogP contribution in [0.4, 0.5) is 5.69 Å². The van der Waals surface area contributed by atoms with E-state index in [0.29, 0.717) is 28.7 Å². The van der Waals surface area contributed by atoms with Gasteiger partial charge in [0.2, 0.25) is 5.91 Å². The van der Waals surface area contributed by atoms with Gasteiger partial charge in [0, 0.05) is 11.6 Å². The van der Waals surface area contributed by atoms with Gasteiger partial charge in [-0.3, -0.25) is 4.79 Å². The van der Waals surface area contributed by atoms with Gasteiger partial charge in [0.15, 0.2) is 0 Å². The monoisotopic (exact) mass is 279 g/mol. The zero-order chi connectivity index (χ0) is 14.4. The van der Waals surface area contributed by atoms with Crippen LogP contribution in [0.2, 0.25) is 5.02 Å². The second-order valence-electron chi connectivity index (χ2n) is 4.81. The number of carbonyl (C=O) groups excluding carboxylic acids is 1. The molecular weight excluding hydrogens is 262 g/mol. The molecule has 0 heterocycles. The Morgan fingerprint density at radius 1 is 1.42 bits per heavy atom. The van der Waals surface area contributed by atoms with Crippen molar-refractivity contribution in [1.82, 2.24) is 5.32 Å². The average Bonchev–Trinajstić information content (AvgIpc) is 2.36. The van der Waals surface area contributed by atoms with Crippen LogP contribution in [0, 0.1) is 17.2 Å². The predicted molar refractivity (Wildman–Crippen MR) is 77.1 cm³/mol. The van der Waals surface area contributed by atoms with Crippen LogP contribution in [0.25, 0.3) is 0 Å². The van der Waals surface area contributed by atoms with Crippen molar-refractivity contribution in [3.63, 3.8) is 0 Å². The normalized spacial score (nSPS) is 11.8. The summed E-state index contributed by atoms with van der Waals surface area (Å²) in [6, 6.07) is 6.56. The summed E-state index contributed by atoms with van der Waals surface area (Å²) < 4.78 is 0. The van der Waals surface area contributed by atoms with E-state index in [0.717, 1.165) is 0 Å². The van der Waals surface area contributed by atoms with Crippen molar-refractivity contribution in [3.05, 3.63) is 28.8 Å². The van der Waals surface area contributed by atoms with Crippen LogP contribution in [0.1, 0.15) is 26.3 Å². The Kier molecular flexibility index (Phi) is 5.65. The summed E-state index contributed by atoms with van der Waals surface area (Å²) in [5.74, 6) is 0.301. The number of nitrogens with zero attached hydrogens (tertiary/aromatic N) is 1. The highest BCUT2D eigenvalue weighted by atomic mass is 35.5. The highest BCUT2D eigenvalue weighted by molar-refractivity contribution is 6.30. The van der Waals surface area contributed by atoms with Crippen molar-refractivity contribution in [2.24, 2.45) is 5.92 Å². The summed E-state index contributed by atoms with van der Waals surface area (Å²) in [5.41, 5.74) is 1.04. The minimum absolute atomic E-state index is 0.0995. The van der Waals surface area contributed by atoms with Crippen molar-refractivity contribution in [3.8, 4) is 6.07 Å². The molecule has 1 aromatic rings. The number of rotatable bonds is 5. The number of hydrogen-bond donors (Lipinski definition) is 2. The Morgan fingerprint density at radius 2 is 2.11 bits per heavy atom. The molecule has 2 N–H and O–H groups in total. The van der Waals surface area contributed by atoms with Crippen LogP contribution < -0.4 is 10.6 Å². The lowest BCUT2D eigenvalue weighted by atomic mass is 10.1. The number of benzene rings is 1. The van der Waals surface area contributed by atoms with E-state index in [-0.39, 0.29) is 5.91 Å². The smallest absolute Gasteiger partial charge is 0.242 e. The number of nitriles is 1. The lowest BCUT2D eigenvalue weighted by molar-refractivity contribution is -0.121. The Balaban J connectivity index is 2.71.